The molecule has 38 heavy (non-hydrogen) atoms. The molecule has 10 heteroatoms. The zero-order valence-corrected chi connectivity index (χ0v) is 22.9. The van der Waals surface area contributed by atoms with E-state index in [0.29, 0.717) is 52.7 Å². The maximum atomic E-state index is 11.9. The van der Waals surface area contributed by atoms with Crippen LogP contribution in [0.1, 0.15) is 52.0 Å². The fourth-order valence-corrected chi connectivity index (χ4v) is 4.37. The fourth-order valence-electron chi connectivity index (χ4n) is 4.11. The number of halogens is 1. The summed E-state index contributed by atoms with van der Waals surface area (Å²) in [6.45, 7) is 6.62. The van der Waals surface area contributed by atoms with Gasteiger partial charge in [0, 0.05) is 22.7 Å². The maximum absolute atomic E-state index is 11.9. The molecule has 1 aliphatic rings. The number of nitrogens with zero attached hydrogens (tertiary/aromatic N) is 3. The number of fused-ring (bicyclic) bond motifs is 1. The van der Waals surface area contributed by atoms with Crippen LogP contribution in [0.25, 0.3) is 10.9 Å². The highest BCUT2D eigenvalue weighted by molar-refractivity contribution is 6.38. The predicted octanol–water partition coefficient (Wildman–Crippen LogP) is 6.92. The van der Waals surface area contributed by atoms with Crippen LogP contribution >= 0.6 is 11.6 Å². The number of aliphatic imine (C=N–C) groups is 1. The number of methoxy groups -OCH3 is 1. The number of benzene rings is 2. The number of amidine groups is 1. The lowest BCUT2D eigenvalue weighted by Crippen LogP contribution is -2.28. The van der Waals surface area contributed by atoms with Crippen molar-refractivity contribution in [2.75, 3.05) is 19.0 Å². The number of allylic oxidation sites excluding steroid dienone is 2. The Morgan fingerprint density at radius 1 is 1.24 bits per heavy atom. The van der Waals surface area contributed by atoms with Gasteiger partial charge in [0.1, 0.15) is 12.4 Å². The van der Waals surface area contributed by atoms with Crippen LogP contribution in [0, 0.1) is 4.91 Å². The zero-order valence-electron chi connectivity index (χ0n) is 22.1. The molecule has 3 aromatic rings. The molecule has 200 valence electrons. The molecule has 2 aromatic carbocycles. The monoisotopic (exact) mass is 536 g/mol. The minimum absolute atomic E-state index is 0.00121. The van der Waals surface area contributed by atoms with E-state index in [1.54, 1.807) is 31.5 Å². The smallest absolute Gasteiger partial charge is 0.205 e. The van der Waals surface area contributed by atoms with Gasteiger partial charge in [-0.05, 0) is 86.7 Å². The molecule has 1 saturated carbocycles. The molecule has 0 radical (unpaired) electrons. The molecule has 1 aliphatic carbocycles. The van der Waals surface area contributed by atoms with Gasteiger partial charge in [-0.25, -0.2) is 4.99 Å². The van der Waals surface area contributed by atoms with E-state index in [1.807, 2.05) is 25.1 Å². The molecule has 0 aliphatic heterocycles. The van der Waals surface area contributed by atoms with Gasteiger partial charge >= 0.3 is 0 Å². The fraction of sp³-hybridized carbons (Fsp3) is 0.357. The molecule has 0 unspecified atom stereocenters. The van der Waals surface area contributed by atoms with E-state index in [-0.39, 0.29) is 5.84 Å². The lowest BCUT2D eigenvalue weighted by atomic mass is 9.90. The molecular formula is C28H33ClN6O3. The number of rotatable bonds is 11. The molecule has 9 nitrogen and oxygen atoms in total. The highest BCUT2D eigenvalue weighted by atomic mass is 35.5. The van der Waals surface area contributed by atoms with Crippen LogP contribution in [0.3, 0.4) is 0 Å². The Morgan fingerprint density at radius 3 is 2.71 bits per heavy atom. The summed E-state index contributed by atoms with van der Waals surface area (Å²) in [4.78, 5) is 16.4. The van der Waals surface area contributed by atoms with Crippen LogP contribution in [0.5, 0.6) is 11.5 Å². The van der Waals surface area contributed by atoms with E-state index in [2.05, 4.69) is 44.8 Å². The van der Waals surface area contributed by atoms with Crippen molar-refractivity contribution in [3.63, 3.8) is 0 Å². The van der Waals surface area contributed by atoms with Gasteiger partial charge in [0.2, 0.25) is 5.84 Å². The molecule has 0 amide bonds. The van der Waals surface area contributed by atoms with Crippen LogP contribution in [0.4, 0.5) is 5.69 Å². The van der Waals surface area contributed by atoms with Crippen molar-refractivity contribution in [1.82, 2.24) is 15.5 Å². The number of hydrogen-bond donors (Lipinski definition) is 3. The van der Waals surface area contributed by atoms with E-state index in [9.17, 15) is 4.91 Å². The first-order valence-corrected chi connectivity index (χ1v) is 13.1. The second-order valence-electron chi connectivity index (χ2n) is 9.30. The van der Waals surface area contributed by atoms with Crippen molar-refractivity contribution >= 4 is 34.0 Å². The summed E-state index contributed by atoms with van der Waals surface area (Å²) >= 11 is 6.56. The lowest BCUT2D eigenvalue weighted by molar-refractivity contribution is 0.307. The summed E-state index contributed by atoms with van der Waals surface area (Å²) in [7, 11) is 1.56. The number of anilines is 1. The van der Waals surface area contributed by atoms with Crippen LogP contribution in [0.2, 0.25) is 5.02 Å². The van der Waals surface area contributed by atoms with Gasteiger partial charge in [-0.3, -0.25) is 5.10 Å². The molecule has 0 bridgehead atoms. The first-order valence-electron chi connectivity index (χ1n) is 12.7. The SMILES string of the molecule is CC/C=C(/N=C(N=O)c1ccc(OCC(NC(C)C)=C2CCC2)c(OC)c1)Nc1ccc2[nH]ncc2c1Cl. The minimum atomic E-state index is 0.00121. The predicted molar refractivity (Wildman–Crippen MR) is 153 cm³/mol. The molecular weight excluding hydrogens is 504 g/mol. The number of ether oxygens (including phenoxy) is 2. The maximum Gasteiger partial charge on any atom is 0.205 e. The van der Waals surface area contributed by atoms with Gasteiger partial charge in [0.15, 0.2) is 11.5 Å². The number of aromatic amines is 1. The number of aromatic nitrogens is 2. The van der Waals surface area contributed by atoms with Crippen molar-refractivity contribution in [2.45, 2.75) is 52.5 Å². The van der Waals surface area contributed by atoms with Gasteiger partial charge in [-0.15, -0.1) is 4.91 Å². The van der Waals surface area contributed by atoms with E-state index in [0.717, 1.165) is 29.4 Å². The molecule has 1 heterocycles. The first-order chi connectivity index (χ1) is 18.4. The van der Waals surface area contributed by atoms with E-state index >= 15 is 0 Å². The van der Waals surface area contributed by atoms with Crippen molar-refractivity contribution in [3.05, 3.63) is 75.2 Å². The van der Waals surface area contributed by atoms with Gasteiger partial charge < -0.3 is 20.1 Å². The third kappa shape index (κ3) is 6.34. The van der Waals surface area contributed by atoms with E-state index in [1.165, 1.54) is 12.0 Å². The summed E-state index contributed by atoms with van der Waals surface area (Å²) < 4.78 is 11.7. The highest BCUT2D eigenvalue weighted by Crippen LogP contribution is 2.33. The van der Waals surface area contributed by atoms with Crippen molar-refractivity contribution in [3.8, 4) is 11.5 Å². The topological polar surface area (TPSA) is 113 Å². The number of H-pyrrole nitrogens is 1. The van der Waals surface area contributed by atoms with Crippen molar-refractivity contribution in [1.29, 1.82) is 0 Å². The Kier molecular flexibility index (Phi) is 9.02. The average Bonchev–Trinajstić information content (AvgIpc) is 3.36. The molecule has 4 rings (SSSR count). The van der Waals surface area contributed by atoms with Crippen LogP contribution in [0.15, 0.2) is 69.9 Å². The Morgan fingerprint density at radius 2 is 2.05 bits per heavy atom. The Bertz CT molecular complexity index is 1390. The average molecular weight is 537 g/mol. The number of hydrogen-bond acceptors (Lipinski definition) is 7. The third-order valence-corrected chi connectivity index (χ3v) is 6.58. The van der Waals surface area contributed by atoms with Gasteiger partial charge in [0.05, 0.1) is 29.5 Å². The summed E-state index contributed by atoms with van der Waals surface area (Å²) in [5, 5.41) is 18.1. The Labute approximate surface area is 227 Å². The van der Waals surface area contributed by atoms with E-state index < -0.39 is 0 Å². The zero-order chi connectivity index (χ0) is 27.1. The lowest BCUT2D eigenvalue weighted by Gasteiger charge is -2.25. The Balaban J connectivity index is 1.56. The number of nitrogens with one attached hydrogen (secondary N) is 3. The van der Waals surface area contributed by atoms with Crippen molar-refractivity contribution in [2.24, 2.45) is 10.2 Å². The molecule has 3 N–H and O–H groups in total. The van der Waals surface area contributed by atoms with Crippen LogP contribution in [-0.4, -0.2) is 35.8 Å². The molecule has 0 atom stereocenters. The summed E-state index contributed by atoms with van der Waals surface area (Å²) in [6.07, 6.45) is 7.61. The minimum Gasteiger partial charge on any atom is -0.493 e. The summed E-state index contributed by atoms with van der Waals surface area (Å²) in [5.41, 5.74) is 4.50. The highest BCUT2D eigenvalue weighted by Gasteiger charge is 2.18. The van der Waals surface area contributed by atoms with Gasteiger partial charge in [-0.2, -0.15) is 5.10 Å². The van der Waals surface area contributed by atoms with E-state index in [4.69, 9.17) is 21.1 Å². The standard InChI is InChI=1S/C28H33ClN6O3/c1-5-7-26(32-22-12-11-21-20(27(22)29)15-30-34-21)33-28(35-36)19-10-13-24(25(14-19)37-4)38-16-23(31-17(2)3)18-8-6-9-18/h7,10-15,17,31-32H,5-6,8-9,16H2,1-4H3,(H,30,34)/b26-7+,33-28?. The van der Waals surface area contributed by atoms with Gasteiger partial charge in [0.25, 0.3) is 0 Å². The third-order valence-electron chi connectivity index (χ3n) is 6.17. The quantitative estimate of drug-likeness (QED) is 0.139. The normalized spacial score (nSPS) is 13.9. The summed E-state index contributed by atoms with van der Waals surface area (Å²) in [5.74, 6) is 1.51. The van der Waals surface area contributed by atoms with Crippen LogP contribution in [-0.2, 0) is 0 Å². The second-order valence-corrected chi connectivity index (χ2v) is 9.67. The first kappa shape index (κ1) is 27.2. The van der Waals surface area contributed by atoms with Crippen molar-refractivity contribution < 1.29 is 9.47 Å². The number of nitroso groups, excluding NO2 is 1. The largest absolute Gasteiger partial charge is 0.493 e. The Hall–Kier alpha value is -3.85. The second kappa shape index (κ2) is 12.6. The molecule has 0 spiro atoms. The molecule has 1 fully saturated rings. The molecule has 1 aromatic heterocycles. The van der Waals surface area contributed by atoms with Gasteiger partial charge in [-0.1, -0.05) is 18.5 Å². The summed E-state index contributed by atoms with van der Waals surface area (Å²) in [6, 6.07) is 9.24. The molecule has 0 saturated heterocycles. The van der Waals surface area contributed by atoms with Crippen LogP contribution < -0.4 is 20.1 Å².